The highest BCUT2D eigenvalue weighted by molar-refractivity contribution is 6.01. The predicted molar refractivity (Wildman–Crippen MR) is 63.7 cm³/mol. The summed E-state index contributed by atoms with van der Waals surface area (Å²) in [4.78, 5) is 24.6. The molecule has 0 spiro atoms. The lowest BCUT2D eigenvalue weighted by molar-refractivity contribution is 0.0653. The fourth-order valence-electron chi connectivity index (χ4n) is 1.28. The van der Waals surface area contributed by atoms with Gasteiger partial charge in [-0.25, -0.2) is 0 Å². The van der Waals surface area contributed by atoms with E-state index in [0.717, 1.165) is 0 Å². The Morgan fingerprint density at radius 1 is 1.25 bits per heavy atom. The summed E-state index contributed by atoms with van der Waals surface area (Å²) < 4.78 is 0. The van der Waals surface area contributed by atoms with Gasteiger partial charge in [0.1, 0.15) is 0 Å². The highest BCUT2D eigenvalue weighted by Crippen LogP contribution is 2.16. The van der Waals surface area contributed by atoms with Crippen LogP contribution in [0.25, 0.3) is 0 Å². The molecule has 0 aliphatic heterocycles. The summed E-state index contributed by atoms with van der Waals surface area (Å²) in [6.07, 6.45) is 0.712. The van der Waals surface area contributed by atoms with Crippen molar-refractivity contribution in [2.45, 2.75) is 26.3 Å². The van der Waals surface area contributed by atoms with Crippen molar-refractivity contribution in [3.8, 4) is 0 Å². The molecule has 0 radical (unpaired) electrons. The van der Waals surface area contributed by atoms with Crippen LogP contribution in [0.1, 0.15) is 41.5 Å². The molecule has 0 unspecified atom stereocenters. The molecular formula is C13H17NO2. The van der Waals surface area contributed by atoms with Crippen LogP contribution in [-0.4, -0.2) is 29.7 Å². The average Bonchev–Trinajstić information content (AvgIpc) is 2.25. The molecule has 0 N–H and O–H groups in total. The van der Waals surface area contributed by atoms with E-state index in [1.807, 2.05) is 20.8 Å². The fourth-order valence-corrected chi connectivity index (χ4v) is 1.28. The molecule has 3 nitrogen and oxygen atoms in total. The van der Waals surface area contributed by atoms with Gasteiger partial charge in [0.15, 0.2) is 6.29 Å². The van der Waals surface area contributed by atoms with E-state index >= 15 is 0 Å². The molecule has 0 atom stereocenters. The largest absolute Gasteiger partial charge is 0.337 e. The molecule has 0 saturated heterocycles. The summed E-state index contributed by atoms with van der Waals surface area (Å²) >= 11 is 0. The summed E-state index contributed by atoms with van der Waals surface area (Å²) in [5.74, 6) is -0.129. The third-order valence-corrected chi connectivity index (χ3v) is 2.63. The standard InChI is InChI=1S/C13H17NO2/c1-13(2,3)14(4)12(16)11-8-6-5-7-10(11)9-15/h5-9H,1-4H3. The van der Waals surface area contributed by atoms with Crippen LogP contribution in [0.15, 0.2) is 24.3 Å². The number of benzene rings is 1. The quantitative estimate of drug-likeness (QED) is 0.716. The van der Waals surface area contributed by atoms with Crippen molar-refractivity contribution in [1.82, 2.24) is 4.90 Å². The van der Waals surface area contributed by atoms with E-state index in [4.69, 9.17) is 0 Å². The van der Waals surface area contributed by atoms with E-state index in [1.165, 1.54) is 0 Å². The Labute approximate surface area is 96.1 Å². The van der Waals surface area contributed by atoms with Gasteiger partial charge in [-0.05, 0) is 26.8 Å². The first-order valence-corrected chi connectivity index (χ1v) is 5.20. The number of nitrogens with zero attached hydrogens (tertiary/aromatic N) is 1. The maximum atomic E-state index is 12.1. The van der Waals surface area contributed by atoms with Crippen LogP contribution >= 0.6 is 0 Å². The van der Waals surface area contributed by atoms with Crippen molar-refractivity contribution in [3.05, 3.63) is 35.4 Å². The molecule has 3 heteroatoms. The van der Waals surface area contributed by atoms with E-state index in [0.29, 0.717) is 17.4 Å². The Morgan fingerprint density at radius 2 is 1.81 bits per heavy atom. The summed E-state index contributed by atoms with van der Waals surface area (Å²) in [7, 11) is 1.74. The van der Waals surface area contributed by atoms with E-state index in [2.05, 4.69) is 0 Å². The van der Waals surface area contributed by atoms with Crippen LogP contribution < -0.4 is 0 Å². The number of aldehydes is 1. The minimum absolute atomic E-state index is 0.129. The fraction of sp³-hybridized carbons (Fsp3) is 0.385. The maximum absolute atomic E-state index is 12.1. The average molecular weight is 219 g/mol. The molecule has 1 aromatic rings. The van der Waals surface area contributed by atoms with Crippen LogP contribution in [0.2, 0.25) is 0 Å². The molecule has 1 rings (SSSR count). The zero-order valence-corrected chi connectivity index (χ0v) is 10.2. The van der Waals surface area contributed by atoms with Crippen molar-refractivity contribution in [3.63, 3.8) is 0 Å². The highest BCUT2D eigenvalue weighted by atomic mass is 16.2. The lowest BCUT2D eigenvalue weighted by Crippen LogP contribution is -2.42. The van der Waals surface area contributed by atoms with Gasteiger partial charge in [0, 0.05) is 18.2 Å². The topological polar surface area (TPSA) is 37.4 Å². The first-order valence-electron chi connectivity index (χ1n) is 5.20. The number of hydrogen-bond donors (Lipinski definition) is 0. The predicted octanol–water partition coefficient (Wildman–Crippen LogP) is 2.37. The zero-order valence-electron chi connectivity index (χ0n) is 10.2. The molecule has 0 aliphatic rings. The number of carbonyl (C=O) groups is 2. The summed E-state index contributed by atoms with van der Waals surface area (Å²) in [6, 6.07) is 6.83. The summed E-state index contributed by atoms with van der Waals surface area (Å²) in [5.41, 5.74) is 0.631. The van der Waals surface area contributed by atoms with Crippen LogP contribution in [0.5, 0.6) is 0 Å². The number of amides is 1. The highest BCUT2D eigenvalue weighted by Gasteiger charge is 2.24. The Bertz CT molecular complexity index is 405. The van der Waals surface area contributed by atoms with Gasteiger partial charge in [-0.3, -0.25) is 9.59 Å². The number of hydrogen-bond acceptors (Lipinski definition) is 2. The molecule has 0 saturated carbocycles. The third-order valence-electron chi connectivity index (χ3n) is 2.63. The van der Waals surface area contributed by atoms with Crippen molar-refractivity contribution in [2.24, 2.45) is 0 Å². The second-order valence-electron chi connectivity index (χ2n) is 4.74. The first-order chi connectivity index (χ1) is 7.38. The molecule has 0 fully saturated rings. The van der Waals surface area contributed by atoms with E-state index < -0.39 is 0 Å². The number of carbonyl (C=O) groups excluding carboxylic acids is 2. The molecule has 0 aromatic heterocycles. The van der Waals surface area contributed by atoms with Gasteiger partial charge in [0.25, 0.3) is 5.91 Å². The van der Waals surface area contributed by atoms with Crippen LogP contribution in [0.3, 0.4) is 0 Å². The van der Waals surface area contributed by atoms with Gasteiger partial charge in [-0.2, -0.15) is 0 Å². The van der Waals surface area contributed by atoms with Gasteiger partial charge in [0.2, 0.25) is 0 Å². The molecule has 1 aromatic carbocycles. The second-order valence-corrected chi connectivity index (χ2v) is 4.74. The van der Waals surface area contributed by atoms with Gasteiger partial charge < -0.3 is 4.90 Å². The van der Waals surface area contributed by atoms with Gasteiger partial charge >= 0.3 is 0 Å². The summed E-state index contributed by atoms with van der Waals surface area (Å²) in [6.45, 7) is 5.86. The van der Waals surface area contributed by atoms with Gasteiger partial charge in [0.05, 0.1) is 5.56 Å². The molecule has 86 valence electrons. The van der Waals surface area contributed by atoms with Crippen molar-refractivity contribution in [1.29, 1.82) is 0 Å². The normalized spacial score (nSPS) is 11.0. The van der Waals surface area contributed by atoms with Crippen molar-refractivity contribution < 1.29 is 9.59 Å². The Balaban J connectivity index is 3.10. The van der Waals surface area contributed by atoms with Crippen molar-refractivity contribution in [2.75, 3.05) is 7.05 Å². The third kappa shape index (κ3) is 2.48. The Morgan fingerprint density at radius 3 is 2.31 bits per heavy atom. The number of rotatable bonds is 2. The molecule has 16 heavy (non-hydrogen) atoms. The monoisotopic (exact) mass is 219 g/mol. The Kier molecular flexibility index (Phi) is 3.48. The minimum Gasteiger partial charge on any atom is -0.337 e. The minimum atomic E-state index is -0.257. The smallest absolute Gasteiger partial charge is 0.254 e. The Hall–Kier alpha value is -1.64. The SMILES string of the molecule is CN(C(=O)c1ccccc1C=O)C(C)(C)C. The lowest BCUT2D eigenvalue weighted by Gasteiger charge is -2.32. The van der Waals surface area contributed by atoms with E-state index in [9.17, 15) is 9.59 Å². The van der Waals surface area contributed by atoms with Gasteiger partial charge in [-0.15, -0.1) is 0 Å². The van der Waals surface area contributed by atoms with Crippen LogP contribution in [0, 0.1) is 0 Å². The van der Waals surface area contributed by atoms with Crippen LogP contribution in [-0.2, 0) is 0 Å². The van der Waals surface area contributed by atoms with Crippen LogP contribution in [0.4, 0.5) is 0 Å². The van der Waals surface area contributed by atoms with E-state index in [1.54, 1.807) is 36.2 Å². The molecule has 0 bridgehead atoms. The lowest BCUT2D eigenvalue weighted by atomic mass is 10.0. The second kappa shape index (κ2) is 4.47. The van der Waals surface area contributed by atoms with Gasteiger partial charge in [-0.1, -0.05) is 18.2 Å². The zero-order chi connectivity index (χ0) is 12.3. The van der Waals surface area contributed by atoms with Crippen molar-refractivity contribution >= 4 is 12.2 Å². The molecule has 0 heterocycles. The maximum Gasteiger partial charge on any atom is 0.254 e. The molecular weight excluding hydrogens is 202 g/mol. The first kappa shape index (κ1) is 12.4. The molecule has 1 amide bonds. The van der Waals surface area contributed by atoms with E-state index in [-0.39, 0.29) is 11.4 Å². The summed E-state index contributed by atoms with van der Waals surface area (Å²) in [5, 5.41) is 0. The molecule has 0 aliphatic carbocycles.